The van der Waals surface area contributed by atoms with Crippen LogP contribution < -0.4 is 37.8 Å². The predicted octanol–water partition coefficient (Wildman–Crippen LogP) is 0.641. The van der Waals surface area contributed by atoms with Crippen molar-refractivity contribution in [3.05, 3.63) is 96.5 Å². The average molecular weight is 510 g/mol. The van der Waals surface area contributed by atoms with Crippen molar-refractivity contribution < 1.29 is 21.8 Å². The van der Waals surface area contributed by atoms with Crippen LogP contribution in [0.25, 0.3) is 0 Å². The topological polar surface area (TPSA) is 46.1 Å². The summed E-state index contributed by atoms with van der Waals surface area (Å²) in [5.74, 6) is 0.150. The molecule has 4 nitrogen and oxygen atoms in total. The number of nitrogens with zero attached hydrogens (tertiary/aromatic N) is 3. The van der Waals surface area contributed by atoms with Gasteiger partial charge in [0.25, 0.3) is 5.91 Å². The van der Waals surface area contributed by atoms with Crippen LogP contribution in [0.5, 0.6) is 0 Å². The van der Waals surface area contributed by atoms with Crippen molar-refractivity contribution in [3.63, 3.8) is 0 Å². The number of hydrogen-bond donors (Lipinski definition) is 0. The molecule has 0 aliphatic carbocycles. The Balaban J connectivity index is 0.00000231. The highest BCUT2D eigenvalue weighted by molar-refractivity contribution is 7.97. The van der Waals surface area contributed by atoms with Crippen LogP contribution in [-0.4, -0.2) is 28.3 Å². The van der Waals surface area contributed by atoms with Gasteiger partial charge in [-0.1, -0.05) is 65.9 Å². The molecule has 0 saturated carbocycles. The van der Waals surface area contributed by atoms with Crippen molar-refractivity contribution in [3.8, 4) is 0 Å². The molecule has 4 aromatic rings. The summed E-state index contributed by atoms with van der Waals surface area (Å²) in [6, 6.07) is 31.7. The summed E-state index contributed by atoms with van der Waals surface area (Å²) in [5, 5.41) is 12.5. The molecule has 1 aromatic heterocycles. The lowest BCUT2D eigenvalue weighted by Gasteiger charge is -2.31. The van der Waals surface area contributed by atoms with E-state index in [0.29, 0.717) is 11.7 Å². The van der Waals surface area contributed by atoms with Crippen LogP contribution in [0.2, 0.25) is 0 Å². The largest absolute Gasteiger partial charge is 1.00 e. The number of anilines is 1. The molecule has 0 N–H and O–H groups in total. The van der Waals surface area contributed by atoms with Gasteiger partial charge in [-0.25, -0.2) is 0 Å². The van der Waals surface area contributed by atoms with Gasteiger partial charge in [-0.15, -0.1) is 10.2 Å². The second-order valence-electron chi connectivity index (χ2n) is 7.25. The van der Waals surface area contributed by atoms with Crippen molar-refractivity contribution in [1.82, 2.24) is 10.2 Å². The van der Waals surface area contributed by atoms with E-state index in [1.165, 1.54) is 27.3 Å². The first-order valence-electron chi connectivity index (χ1n) is 9.95. The Bertz CT molecular complexity index is 1030. The molecule has 0 spiro atoms. The Labute approximate surface area is 197 Å². The molecule has 2 heterocycles. The van der Waals surface area contributed by atoms with E-state index < -0.39 is 7.26 Å². The van der Waals surface area contributed by atoms with Crippen LogP contribution in [0.4, 0.5) is 5.13 Å². The van der Waals surface area contributed by atoms with Crippen LogP contribution in [0.3, 0.4) is 0 Å². The number of hydrogen-bond acceptors (Lipinski definition) is 4. The van der Waals surface area contributed by atoms with Crippen molar-refractivity contribution in [2.75, 3.05) is 11.4 Å². The van der Waals surface area contributed by atoms with Gasteiger partial charge < -0.3 is 17.0 Å². The van der Waals surface area contributed by atoms with Crippen LogP contribution in [0.1, 0.15) is 6.42 Å². The summed E-state index contributed by atoms with van der Waals surface area (Å²) in [5.41, 5.74) is 1.55. The van der Waals surface area contributed by atoms with Gasteiger partial charge in [-0.2, -0.15) is 0 Å². The number of carbonyl (C=O) groups excluding carboxylic acids is 1. The monoisotopic (exact) mass is 509 g/mol. The Morgan fingerprint density at radius 2 is 1.29 bits per heavy atom. The molecule has 1 atom stereocenters. The molecule has 1 saturated heterocycles. The molecular formula is C24H21BrN3OPS. The van der Waals surface area contributed by atoms with Gasteiger partial charge in [0, 0.05) is 13.0 Å². The first kappa shape index (κ1) is 21.8. The van der Waals surface area contributed by atoms with Gasteiger partial charge in [-0.3, -0.25) is 9.69 Å². The summed E-state index contributed by atoms with van der Waals surface area (Å²) in [7, 11) is -2.23. The van der Waals surface area contributed by atoms with Gasteiger partial charge in [0.2, 0.25) is 5.13 Å². The molecule has 1 fully saturated rings. The summed E-state index contributed by atoms with van der Waals surface area (Å²) in [4.78, 5) is 15.7. The maximum atomic E-state index is 13.9. The predicted molar refractivity (Wildman–Crippen MR) is 126 cm³/mol. The van der Waals surface area contributed by atoms with Gasteiger partial charge in [0.1, 0.15) is 28.7 Å². The van der Waals surface area contributed by atoms with Gasteiger partial charge >= 0.3 is 0 Å². The smallest absolute Gasteiger partial charge is 0.270 e. The molecule has 1 aliphatic heterocycles. The molecule has 0 unspecified atom stereocenters. The second-order valence-corrected chi connectivity index (χ2v) is 11.7. The minimum Gasteiger partial charge on any atom is -1.00 e. The standard InChI is InChI=1S/C24H21N3OPS.BrH/c28-23-22(16-17-27(23)24-26-25-18-30-24)29(19-10-4-1-5-11-19,20-12-6-2-7-13-20)21-14-8-3-9-15-21;/h1-15,18,22H,16-17H2;1H/q+1;/p-1/t22-;/m1./s1. The normalized spacial score (nSPS) is 16.2. The summed E-state index contributed by atoms with van der Waals surface area (Å²) in [6.45, 7) is 0.674. The van der Waals surface area contributed by atoms with Gasteiger partial charge in [-0.05, 0) is 36.4 Å². The Kier molecular flexibility index (Phi) is 6.61. The van der Waals surface area contributed by atoms with E-state index in [9.17, 15) is 4.79 Å². The fourth-order valence-electron chi connectivity index (χ4n) is 4.48. The minimum atomic E-state index is -2.23. The first-order chi connectivity index (χ1) is 14.8. The van der Waals surface area contributed by atoms with E-state index in [1.54, 1.807) is 5.51 Å². The Morgan fingerprint density at radius 3 is 1.71 bits per heavy atom. The van der Waals surface area contributed by atoms with Crippen LogP contribution >= 0.6 is 18.6 Å². The van der Waals surface area contributed by atoms with E-state index in [0.717, 1.165) is 6.42 Å². The summed E-state index contributed by atoms with van der Waals surface area (Å²) >= 11 is 1.42. The lowest BCUT2D eigenvalue weighted by molar-refractivity contribution is -0.116. The highest BCUT2D eigenvalue weighted by atomic mass is 79.9. The number of halogens is 1. The molecule has 7 heteroatoms. The van der Waals surface area contributed by atoms with E-state index in [1.807, 2.05) is 23.1 Å². The van der Waals surface area contributed by atoms with Crippen LogP contribution in [-0.2, 0) is 4.79 Å². The molecule has 156 valence electrons. The molecule has 31 heavy (non-hydrogen) atoms. The second kappa shape index (κ2) is 9.39. The maximum absolute atomic E-state index is 13.9. The molecule has 0 bridgehead atoms. The highest BCUT2D eigenvalue weighted by Gasteiger charge is 2.59. The third kappa shape index (κ3) is 3.73. The summed E-state index contributed by atoms with van der Waals surface area (Å²) < 4.78 is 0. The van der Waals surface area contributed by atoms with E-state index >= 15 is 0 Å². The Morgan fingerprint density at radius 1 is 0.806 bits per heavy atom. The zero-order chi connectivity index (χ0) is 20.4. The van der Waals surface area contributed by atoms with Crippen LogP contribution in [0, 0.1) is 0 Å². The highest BCUT2D eigenvalue weighted by Crippen LogP contribution is 2.62. The van der Waals surface area contributed by atoms with E-state index in [2.05, 4.69) is 83.0 Å². The quantitative estimate of drug-likeness (QED) is 0.371. The van der Waals surface area contributed by atoms with Gasteiger partial charge in [0.15, 0.2) is 5.66 Å². The summed E-state index contributed by atoms with van der Waals surface area (Å²) in [6.07, 6.45) is 0.797. The molecular weight excluding hydrogens is 489 g/mol. The van der Waals surface area contributed by atoms with Crippen molar-refractivity contribution >= 4 is 45.6 Å². The Hall–Kier alpha value is -2.40. The fraction of sp³-hybridized carbons (Fsp3) is 0.125. The number of aromatic nitrogens is 2. The fourth-order valence-corrected chi connectivity index (χ4v) is 9.94. The first-order valence-corrected chi connectivity index (χ1v) is 12.7. The third-order valence-corrected chi connectivity index (χ3v) is 11.2. The number of amides is 1. The molecule has 1 aliphatic rings. The van der Waals surface area contributed by atoms with Crippen molar-refractivity contribution in [1.29, 1.82) is 0 Å². The van der Waals surface area contributed by atoms with Crippen molar-refractivity contribution in [2.24, 2.45) is 0 Å². The zero-order valence-corrected chi connectivity index (χ0v) is 20.0. The third-order valence-electron chi connectivity index (χ3n) is 5.71. The van der Waals surface area contributed by atoms with Gasteiger partial charge in [0.05, 0.1) is 0 Å². The molecule has 5 rings (SSSR count). The number of benzene rings is 3. The molecule has 3 aromatic carbocycles. The molecule has 1 amide bonds. The number of carbonyl (C=O) groups is 1. The number of rotatable bonds is 5. The lowest BCUT2D eigenvalue weighted by Crippen LogP contribution is -3.00. The van der Waals surface area contributed by atoms with Crippen molar-refractivity contribution in [2.45, 2.75) is 12.1 Å². The SMILES string of the molecule is O=C1[C@H]([P+](c2ccccc2)(c2ccccc2)c2ccccc2)CCN1c1nncs1.[Br-]. The lowest BCUT2D eigenvalue weighted by atomic mass is 10.3. The molecule has 0 radical (unpaired) electrons. The van der Waals surface area contributed by atoms with E-state index in [-0.39, 0.29) is 28.5 Å². The van der Waals surface area contributed by atoms with Crippen LogP contribution in [0.15, 0.2) is 96.5 Å². The maximum Gasteiger partial charge on any atom is 0.270 e. The zero-order valence-electron chi connectivity index (χ0n) is 16.7. The van der Waals surface area contributed by atoms with E-state index in [4.69, 9.17) is 0 Å². The average Bonchev–Trinajstić information content (AvgIpc) is 3.47. The minimum absolute atomic E-state index is 0.